The molecule has 0 radical (unpaired) electrons. The van der Waals surface area contributed by atoms with E-state index < -0.39 is 0 Å². The van der Waals surface area contributed by atoms with Crippen molar-refractivity contribution in [3.05, 3.63) is 83.9 Å². The van der Waals surface area contributed by atoms with Crippen LogP contribution in [0.4, 0.5) is 0 Å². The minimum absolute atomic E-state index is 0. The summed E-state index contributed by atoms with van der Waals surface area (Å²) < 4.78 is 0. The van der Waals surface area contributed by atoms with Crippen molar-refractivity contribution in [3.8, 4) is 0 Å². The van der Waals surface area contributed by atoms with Gasteiger partial charge in [0.1, 0.15) is 0 Å². The van der Waals surface area contributed by atoms with E-state index >= 15 is 0 Å². The summed E-state index contributed by atoms with van der Waals surface area (Å²) in [5.74, 6) is 0. The number of hydrogen-bond donors (Lipinski definition) is 0. The van der Waals surface area contributed by atoms with Crippen LogP contribution >= 0.6 is 0 Å². The van der Waals surface area contributed by atoms with Crippen molar-refractivity contribution >= 4 is 21.7 Å². The minimum Gasteiger partial charge on any atom is -0.0750 e. The fourth-order valence-electron chi connectivity index (χ4n) is 1.46. The van der Waals surface area contributed by atoms with Crippen LogP contribution in [0.1, 0.15) is 11.1 Å². The van der Waals surface area contributed by atoms with E-state index in [0.29, 0.717) is 9.52 Å². The number of allylic oxidation sites excluding steroid dienone is 2. The first-order valence-corrected chi connectivity index (χ1v) is 9.64. The first-order valence-electron chi connectivity index (χ1n) is 6.81. The Kier molecular flexibility index (Phi) is 12.1. The van der Waals surface area contributed by atoms with Crippen molar-refractivity contribution in [2.24, 2.45) is 0 Å². The number of benzene rings is 2. The van der Waals surface area contributed by atoms with Gasteiger partial charge in [-0.25, -0.2) is 0 Å². The van der Waals surface area contributed by atoms with Crippen molar-refractivity contribution in [1.82, 2.24) is 0 Å². The summed E-state index contributed by atoms with van der Waals surface area (Å²) in [5, 5.41) is 0. The summed E-state index contributed by atoms with van der Waals surface area (Å²) in [4.78, 5) is 0. The standard InChI is InChI=1S/C16H14.C2H8Si.Ti/c1-3-9-15(10-4-1)13-7-8-14-16-11-5-2-6-12-16;1-3-2;/h1-14H;3H2,1-2H3;/b13-7+,14-8+;;. The van der Waals surface area contributed by atoms with Crippen LogP contribution in [0.15, 0.2) is 72.8 Å². The third kappa shape index (κ3) is 8.87. The van der Waals surface area contributed by atoms with Crippen molar-refractivity contribution in [3.63, 3.8) is 0 Å². The van der Waals surface area contributed by atoms with Crippen LogP contribution < -0.4 is 0 Å². The maximum Gasteiger partial charge on any atom is 0.0135 e. The second-order valence-electron chi connectivity index (χ2n) is 4.25. The fraction of sp³-hybridized carbons (Fsp3) is 0.111. The molecule has 0 unspecified atom stereocenters. The van der Waals surface area contributed by atoms with Crippen LogP contribution in [0.25, 0.3) is 12.2 Å². The molecule has 0 nitrogen and oxygen atoms in total. The Bertz CT molecular complexity index is 442. The summed E-state index contributed by atoms with van der Waals surface area (Å²) in [5.41, 5.74) is 2.44. The van der Waals surface area contributed by atoms with Crippen molar-refractivity contribution in [2.75, 3.05) is 0 Å². The molecular weight excluding hydrogens is 292 g/mol. The molecule has 0 amide bonds. The Morgan fingerprint density at radius 1 is 0.650 bits per heavy atom. The second kappa shape index (κ2) is 12.9. The molecule has 2 aromatic rings. The molecular formula is C18H22SiTi. The summed E-state index contributed by atoms with van der Waals surface area (Å²) in [7, 11) is 0.417. The number of hydrogen-bond acceptors (Lipinski definition) is 0. The molecule has 2 heteroatoms. The van der Waals surface area contributed by atoms with Gasteiger partial charge in [0.15, 0.2) is 0 Å². The zero-order valence-electron chi connectivity index (χ0n) is 12.3. The van der Waals surface area contributed by atoms with Crippen molar-refractivity contribution in [2.45, 2.75) is 13.1 Å². The normalized spacial score (nSPS) is 9.90. The predicted octanol–water partition coefficient (Wildman–Crippen LogP) is 4.66. The van der Waals surface area contributed by atoms with Crippen LogP contribution in [0, 0.1) is 0 Å². The van der Waals surface area contributed by atoms with Gasteiger partial charge in [-0.05, 0) is 11.1 Å². The van der Waals surface area contributed by atoms with Gasteiger partial charge in [-0.15, -0.1) is 0 Å². The van der Waals surface area contributed by atoms with E-state index in [1.165, 1.54) is 11.1 Å². The molecule has 0 atom stereocenters. The Hall–Kier alpha value is -1.15. The average molecular weight is 314 g/mol. The summed E-state index contributed by atoms with van der Waals surface area (Å²) in [6.45, 7) is 4.53. The van der Waals surface area contributed by atoms with Crippen LogP contribution in [0.5, 0.6) is 0 Å². The zero-order valence-corrected chi connectivity index (χ0v) is 15.3. The molecule has 0 aliphatic rings. The molecule has 0 saturated carbocycles. The van der Waals surface area contributed by atoms with Gasteiger partial charge in [-0.2, -0.15) is 0 Å². The summed E-state index contributed by atoms with van der Waals surface area (Å²) in [6, 6.07) is 20.6. The minimum atomic E-state index is 0. The van der Waals surface area contributed by atoms with Crippen LogP contribution in [0.2, 0.25) is 13.1 Å². The molecule has 20 heavy (non-hydrogen) atoms. The van der Waals surface area contributed by atoms with E-state index in [-0.39, 0.29) is 21.7 Å². The van der Waals surface area contributed by atoms with E-state index in [2.05, 4.69) is 61.7 Å². The Morgan fingerprint density at radius 2 is 0.950 bits per heavy atom. The molecule has 0 aliphatic carbocycles. The van der Waals surface area contributed by atoms with Gasteiger partial charge in [-0.3, -0.25) is 0 Å². The van der Waals surface area contributed by atoms with Gasteiger partial charge >= 0.3 is 0 Å². The monoisotopic (exact) mass is 314 g/mol. The SMILES string of the molecule is C(/C=C/c1ccccc1)=C\c1ccccc1.C[SiH2]C.[Ti]. The molecule has 0 fully saturated rings. The fourth-order valence-corrected chi connectivity index (χ4v) is 1.46. The summed E-state index contributed by atoms with van der Waals surface area (Å²) in [6.07, 6.45) is 8.31. The molecule has 0 saturated heterocycles. The Labute approximate surface area is 140 Å². The van der Waals surface area contributed by atoms with Gasteiger partial charge in [0, 0.05) is 31.2 Å². The van der Waals surface area contributed by atoms with Crippen LogP contribution in [-0.2, 0) is 21.7 Å². The molecule has 0 aromatic heterocycles. The van der Waals surface area contributed by atoms with Gasteiger partial charge in [0.05, 0.1) is 0 Å². The Morgan fingerprint density at radius 3 is 1.25 bits per heavy atom. The van der Waals surface area contributed by atoms with Gasteiger partial charge in [0.25, 0.3) is 0 Å². The molecule has 0 aliphatic heterocycles. The van der Waals surface area contributed by atoms with E-state index in [9.17, 15) is 0 Å². The smallest absolute Gasteiger partial charge is 0.0135 e. The molecule has 2 rings (SSSR count). The van der Waals surface area contributed by atoms with Crippen molar-refractivity contribution in [1.29, 1.82) is 0 Å². The van der Waals surface area contributed by atoms with Gasteiger partial charge in [0.2, 0.25) is 0 Å². The molecule has 0 bridgehead atoms. The third-order valence-electron chi connectivity index (χ3n) is 2.29. The molecule has 0 spiro atoms. The first-order chi connectivity index (χ1) is 9.36. The predicted molar refractivity (Wildman–Crippen MR) is 91.2 cm³/mol. The van der Waals surface area contributed by atoms with E-state index in [1.54, 1.807) is 0 Å². The third-order valence-corrected chi connectivity index (χ3v) is 2.29. The second-order valence-corrected chi connectivity index (χ2v) is 5.66. The molecule has 2 aromatic carbocycles. The number of rotatable bonds is 3. The molecule has 102 valence electrons. The average Bonchev–Trinajstić information content (AvgIpc) is 2.47. The molecule has 0 N–H and O–H groups in total. The van der Waals surface area contributed by atoms with E-state index in [0.717, 1.165) is 0 Å². The first kappa shape index (κ1) is 18.9. The largest absolute Gasteiger partial charge is 0.0750 e. The maximum absolute atomic E-state index is 2.26. The van der Waals surface area contributed by atoms with Gasteiger partial charge in [-0.1, -0.05) is 98.1 Å². The van der Waals surface area contributed by atoms with Crippen LogP contribution in [-0.4, -0.2) is 9.52 Å². The van der Waals surface area contributed by atoms with E-state index in [4.69, 9.17) is 0 Å². The quantitative estimate of drug-likeness (QED) is 0.571. The van der Waals surface area contributed by atoms with Crippen LogP contribution in [0.3, 0.4) is 0 Å². The topological polar surface area (TPSA) is 0 Å². The molecule has 0 heterocycles. The maximum atomic E-state index is 2.26. The van der Waals surface area contributed by atoms with E-state index in [1.807, 2.05) is 36.4 Å². The van der Waals surface area contributed by atoms with Crippen molar-refractivity contribution < 1.29 is 21.7 Å². The summed E-state index contributed by atoms with van der Waals surface area (Å²) >= 11 is 0. The Balaban J connectivity index is 0.000000830. The zero-order chi connectivity index (χ0) is 13.8. The van der Waals surface area contributed by atoms with Gasteiger partial charge < -0.3 is 0 Å².